The number of nitrogens with zero attached hydrogens (tertiary/aromatic N) is 3. The molecule has 152 valence electrons. The van der Waals surface area contributed by atoms with Crippen LogP contribution < -0.4 is 15.8 Å². The number of rotatable bonds is 6. The standard InChI is InChI=1S/C21H18ClN5O3/c1-12-20(13(2)27(26-12)16-6-3-15(10-23)18(22)9-16)30-17-7-4-14(5-8-17)21(29)25-11-19(24)28/h3-9H,11H2,1-2H3,(H2,24,28)(H,25,29). The number of hydrogen-bond acceptors (Lipinski definition) is 5. The van der Waals surface area contributed by atoms with E-state index in [1.807, 2.05) is 19.9 Å². The van der Waals surface area contributed by atoms with E-state index in [1.54, 1.807) is 47.1 Å². The van der Waals surface area contributed by atoms with E-state index in [-0.39, 0.29) is 6.54 Å². The predicted molar refractivity (Wildman–Crippen MR) is 111 cm³/mol. The molecule has 8 nitrogen and oxygen atoms in total. The van der Waals surface area contributed by atoms with Gasteiger partial charge in [0.1, 0.15) is 17.5 Å². The Kier molecular flexibility index (Phi) is 6.04. The molecular formula is C21H18ClN5O3. The first kappa shape index (κ1) is 20.9. The van der Waals surface area contributed by atoms with Gasteiger partial charge in [0.25, 0.3) is 5.91 Å². The molecule has 0 unspecified atom stereocenters. The number of benzene rings is 2. The first-order chi connectivity index (χ1) is 14.3. The maximum absolute atomic E-state index is 12.0. The average Bonchev–Trinajstić information content (AvgIpc) is 3.00. The molecule has 30 heavy (non-hydrogen) atoms. The largest absolute Gasteiger partial charge is 0.453 e. The Bertz CT molecular complexity index is 1160. The van der Waals surface area contributed by atoms with Crippen molar-refractivity contribution < 1.29 is 14.3 Å². The summed E-state index contributed by atoms with van der Waals surface area (Å²) in [7, 11) is 0. The number of ether oxygens (including phenoxy) is 1. The molecule has 0 saturated carbocycles. The Morgan fingerprint density at radius 2 is 1.93 bits per heavy atom. The van der Waals surface area contributed by atoms with Crippen molar-refractivity contribution in [1.82, 2.24) is 15.1 Å². The van der Waals surface area contributed by atoms with Gasteiger partial charge in [-0.25, -0.2) is 4.68 Å². The number of aryl methyl sites for hydroxylation is 1. The predicted octanol–water partition coefficient (Wildman–Crippen LogP) is 3.02. The second kappa shape index (κ2) is 8.68. The summed E-state index contributed by atoms with van der Waals surface area (Å²) in [6.07, 6.45) is 0. The van der Waals surface area contributed by atoms with Crippen molar-refractivity contribution in [2.24, 2.45) is 5.73 Å². The fraction of sp³-hybridized carbons (Fsp3) is 0.143. The first-order valence-electron chi connectivity index (χ1n) is 8.91. The molecule has 0 radical (unpaired) electrons. The van der Waals surface area contributed by atoms with E-state index >= 15 is 0 Å². The van der Waals surface area contributed by atoms with Crippen molar-refractivity contribution in [3.05, 3.63) is 70.0 Å². The van der Waals surface area contributed by atoms with Crippen LogP contribution in [-0.2, 0) is 4.79 Å². The summed E-state index contributed by atoms with van der Waals surface area (Å²) in [6, 6.07) is 13.6. The summed E-state index contributed by atoms with van der Waals surface area (Å²) in [4.78, 5) is 22.7. The van der Waals surface area contributed by atoms with E-state index in [4.69, 9.17) is 27.3 Å². The third-order valence-corrected chi connectivity index (χ3v) is 4.61. The summed E-state index contributed by atoms with van der Waals surface area (Å²) in [5, 5.41) is 16.3. The lowest BCUT2D eigenvalue weighted by Gasteiger charge is -2.09. The molecule has 0 spiro atoms. The molecule has 2 amide bonds. The smallest absolute Gasteiger partial charge is 0.251 e. The van der Waals surface area contributed by atoms with E-state index in [1.165, 1.54) is 0 Å². The molecule has 0 aliphatic carbocycles. The van der Waals surface area contributed by atoms with Crippen LogP contribution in [0.2, 0.25) is 5.02 Å². The summed E-state index contributed by atoms with van der Waals surface area (Å²) >= 11 is 6.14. The van der Waals surface area contributed by atoms with Crippen molar-refractivity contribution in [1.29, 1.82) is 5.26 Å². The van der Waals surface area contributed by atoms with Gasteiger partial charge in [-0.1, -0.05) is 11.6 Å². The molecule has 3 aromatic rings. The van der Waals surface area contributed by atoms with Gasteiger partial charge in [0.15, 0.2) is 5.75 Å². The molecule has 0 bridgehead atoms. The van der Waals surface area contributed by atoms with E-state index in [0.717, 1.165) is 5.69 Å². The van der Waals surface area contributed by atoms with Crippen LogP contribution in [0.3, 0.4) is 0 Å². The van der Waals surface area contributed by atoms with Crippen molar-refractivity contribution in [3.63, 3.8) is 0 Å². The minimum Gasteiger partial charge on any atom is -0.453 e. The van der Waals surface area contributed by atoms with Crippen LogP contribution in [0.1, 0.15) is 27.3 Å². The fourth-order valence-corrected chi connectivity index (χ4v) is 3.03. The molecule has 1 aromatic heterocycles. The number of nitriles is 1. The maximum Gasteiger partial charge on any atom is 0.251 e. The van der Waals surface area contributed by atoms with Crippen LogP contribution in [0, 0.1) is 25.2 Å². The molecule has 3 N–H and O–H groups in total. The van der Waals surface area contributed by atoms with Gasteiger partial charge in [0, 0.05) is 5.56 Å². The summed E-state index contributed by atoms with van der Waals surface area (Å²) in [6.45, 7) is 3.44. The summed E-state index contributed by atoms with van der Waals surface area (Å²) in [5.74, 6) is 0.0690. The third kappa shape index (κ3) is 4.42. The van der Waals surface area contributed by atoms with Gasteiger partial charge in [-0.05, 0) is 56.3 Å². The molecular weight excluding hydrogens is 406 g/mol. The number of aromatic nitrogens is 2. The van der Waals surface area contributed by atoms with Gasteiger partial charge >= 0.3 is 0 Å². The number of nitrogens with one attached hydrogen (secondary N) is 1. The van der Waals surface area contributed by atoms with E-state index in [2.05, 4.69) is 10.4 Å². The number of hydrogen-bond donors (Lipinski definition) is 2. The lowest BCUT2D eigenvalue weighted by atomic mass is 10.2. The van der Waals surface area contributed by atoms with Crippen LogP contribution in [0.5, 0.6) is 11.5 Å². The second-order valence-corrected chi connectivity index (χ2v) is 6.87. The molecule has 2 aromatic carbocycles. The highest BCUT2D eigenvalue weighted by Gasteiger charge is 2.16. The van der Waals surface area contributed by atoms with Crippen molar-refractivity contribution in [2.75, 3.05) is 6.54 Å². The molecule has 0 aliphatic rings. The topological polar surface area (TPSA) is 123 Å². The molecule has 1 heterocycles. The summed E-state index contributed by atoms with van der Waals surface area (Å²) < 4.78 is 7.66. The van der Waals surface area contributed by atoms with Crippen LogP contribution in [0.25, 0.3) is 5.69 Å². The van der Waals surface area contributed by atoms with Gasteiger partial charge in [-0.15, -0.1) is 0 Å². The molecule has 0 fully saturated rings. The van der Waals surface area contributed by atoms with Gasteiger partial charge in [0.05, 0.1) is 28.5 Å². The number of amides is 2. The zero-order chi connectivity index (χ0) is 21.8. The van der Waals surface area contributed by atoms with Gasteiger partial charge in [0.2, 0.25) is 5.91 Å². The number of halogens is 1. The van der Waals surface area contributed by atoms with E-state index in [0.29, 0.717) is 39.0 Å². The second-order valence-electron chi connectivity index (χ2n) is 6.46. The normalized spacial score (nSPS) is 10.3. The monoisotopic (exact) mass is 423 g/mol. The highest BCUT2D eigenvalue weighted by atomic mass is 35.5. The van der Waals surface area contributed by atoms with Gasteiger partial charge in [-0.3, -0.25) is 9.59 Å². The zero-order valence-electron chi connectivity index (χ0n) is 16.3. The SMILES string of the molecule is Cc1nn(-c2ccc(C#N)c(Cl)c2)c(C)c1Oc1ccc(C(=O)NCC(N)=O)cc1. The molecule has 9 heteroatoms. The lowest BCUT2D eigenvalue weighted by molar-refractivity contribution is -0.117. The van der Waals surface area contributed by atoms with Crippen molar-refractivity contribution in [2.45, 2.75) is 13.8 Å². The molecule has 0 atom stereocenters. The minimum absolute atomic E-state index is 0.228. The number of carbonyl (C=O) groups is 2. The Morgan fingerprint density at radius 1 is 1.23 bits per heavy atom. The number of carbonyl (C=O) groups excluding carboxylic acids is 2. The lowest BCUT2D eigenvalue weighted by Crippen LogP contribution is -2.33. The van der Waals surface area contributed by atoms with Crippen LogP contribution in [0.4, 0.5) is 0 Å². The minimum atomic E-state index is -0.616. The zero-order valence-corrected chi connectivity index (χ0v) is 17.0. The average molecular weight is 424 g/mol. The Labute approximate surface area is 177 Å². The number of primary amides is 1. The van der Waals surface area contributed by atoms with Crippen LogP contribution in [0.15, 0.2) is 42.5 Å². The first-order valence-corrected chi connectivity index (χ1v) is 9.28. The number of nitrogens with two attached hydrogens (primary N) is 1. The molecule has 0 aliphatic heterocycles. The quantitative estimate of drug-likeness (QED) is 0.630. The van der Waals surface area contributed by atoms with Crippen molar-refractivity contribution in [3.8, 4) is 23.3 Å². The van der Waals surface area contributed by atoms with Crippen molar-refractivity contribution >= 4 is 23.4 Å². The third-order valence-electron chi connectivity index (χ3n) is 4.30. The highest BCUT2D eigenvalue weighted by Crippen LogP contribution is 2.31. The summed E-state index contributed by atoms with van der Waals surface area (Å²) in [5.41, 5.74) is 7.90. The highest BCUT2D eigenvalue weighted by molar-refractivity contribution is 6.31. The Morgan fingerprint density at radius 3 is 2.53 bits per heavy atom. The van der Waals surface area contributed by atoms with Gasteiger partial charge in [-0.2, -0.15) is 10.4 Å². The molecule has 0 saturated heterocycles. The van der Waals surface area contributed by atoms with Crippen LogP contribution in [-0.4, -0.2) is 28.1 Å². The fourth-order valence-electron chi connectivity index (χ4n) is 2.82. The molecule has 3 rings (SSSR count). The maximum atomic E-state index is 12.0. The van der Waals surface area contributed by atoms with Gasteiger partial charge < -0.3 is 15.8 Å². The Balaban J connectivity index is 1.81. The van der Waals surface area contributed by atoms with Crippen LogP contribution >= 0.6 is 11.6 Å². The Hall–Kier alpha value is -3.83. The van der Waals surface area contributed by atoms with E-state index < -0.39 is 11.8 Å². The van der Waals surface area contributed by atoms with E-state index in [9.17, 15) is 9.59 Å².